The molecule has 0 saturated heterocycles. The molecule has 0 aromatic heterocycles. The number of carbonyl (C=O) groups is 2. The van der Waals surface area contributed by atoms with Crippen LogP contribution < -0.4 is 14.8 Å². The molecule has 6 heteroatoms. The molecule has 114 valence electrons. The monoisotopic (exact) mass is 293 g/mol. The van der Waals surface area contributed by atoms with E-state index in [2.05, 4.69) is 5.32 Å². The summed E-state index contributed by atoms with van der Waals surface area (Å²) >= 11 is 0. The van der Waals surface area contributed by atoms with Gasteiger partial charge in [-0.3, -0.25) is 4.79 Å². The van der Waals surface area contributed by atoms with Crippen molar-refractivity contribution in [1.29, 1.82) is 0 Å². The van der Waals surface area contributed by atoms with Crippen LogP contribution in [0.25, 0.3) is 0 Å². The van der Waals surface area contributed by atoms with Gasteiger partial charge >= 0.3 is 5.97 Å². The first-order chi connectivity index (χ1) is 9.90. The number of benzene rings is 1. The van der Waals surface area contributed by atoms with E-state index in [1.165, 1.54) is 6.92 Å². The predicted octanol–water partition coefficient (Wildman–Crippen LogP) is 1.15. The van der Waals surface area contributed by atoms with E-state index in [-0.39, 0.29) is 18.4 Å². The molecule has 1 amide bonds. The predicted molar refractivity (Wildman–Crippen MR) is 75.7 cm³/mol. The Morgan fingerprint density at radius 2 is 2.24 bits per heavy atom. The second-order valence-electron chi connectivity index (χ2n) is 5.20. The highest BCUT2D eigenvalue weighted by atomic mass is 16.5. The number of carboxylic acids is 1. The fourth-order valence-corrected chi connectivity index (χ4v) is 2.50. The number of nitrogens with one attached hydrogen (secondary N) is 1. The van der Waals surface area contributed by atoms with Gasteiger partial charge in [0, 0.05) is 30.9 Å². The zero-order chi connectivity index (χ0) is 15.6. The Bertz CT molecular complexity index is 569. The van der Waals surface area contributed by atoms with Crippen LogP contribution in [0.4, 0.5) is 0 Å². The third-order valence-electron chi connectivity index (χ3n) is 3.40. The van der Waals surface area contributed by atoms with Gasteiger partial charge in [-0.05, 0) is 19.1 Å². The Hall–Kier alpha value is -2.24. The van der Waals surface area contributed by atoms with Crippen molar-refractivity contribution >= 4 is 11.9 Å². The number of ether oxygens (including phenoxy) is 2. The van der Waals surface area contributed by atoms with E-state index in [1.54, 1.807) is 13.2 Å². The van der Waals surface area contributed by atoms with Crippen LogP contribution >= 0.6 is 0 Å². The Morgan fingerprint density at radius 3 is 2.81 bits per heavy atom. The summed E-state index contributed by atoms with van der Waals surface area (Å²) in [6, 6.07) is 2.68. The van der Waals surface area contributed by atoms with E-state index in [1.807, 2.05) is 13.0 Å². The number of aliphatic carboxylic acids is 1. The van der Waals surface area contributed by atoms with E-state index in [4.69, 9.17) is 9.47 Å². The number of methoxy groups -OCH3 is 1. The molecule has 21 heavy (non-hydrogen) atoms. The van der Waals surface area contributed by atoms with Crippen molar-refractivity contribution < 1.29 is 24.2 Å². The quantitative estimate of drug-likeness (QED) is 0.850. The molecule has 1 aliphatic heterocycles. The minimum absolute atomic E-state index is 0.102. The molecular weight excluding hydrogens is 274 g/mol. The molecule has 2 rings (SSSR count). The molecule has 2 N–H and O–H groups in total. The van der Waals surface area contributed by atoms with Crippen molar-refractivity contribution in [3.05, 3.63) is 23.3 Å². The first-order valence-electron chi connectivity index (χ1n) is 6.77. The number of fused-ring (bicyclic) bond motifs is 1. The molecule has 1 heterocycles. The number of carbonyl (C=O) groups excluding carboxylic acids is 1. The molecule has 0 spiro atoms. The summed E-state index contributed by atoms with van der Waals surface area (Å²) in [5, 5.41) is 11.6. The van der Waals surface area contributed by atoms with Crippen molar-refractivity contribution in [2.45, 2.75) is 38.8 Å². The molecular formula is C15H19NO5. The zero-order valence-corrected chi connectivity index (χ0v) is 12.3. The molecule has 0 aliphatic carbocycles. The highest BCUT2D eigenvalue weighted by Crippen LogP contribution is 2.35. The van der Waals surface area contributed by atoms with Gasteiger partial charge in [0.2, 0.25) is 5.91 Å². The average molecular weight is 293 g/mol. The van der Waals surface area contributed by atoms with E-state index >= 15 is 0 Å². The Labute approximate surface area is 123 Å². The van der Waals surface area contributed by atoms with Crippen molar-refractivity contribution in [3.8, 4) is 11.5 Å². The summed E-state index contributed by atoms with van der Waals surface area (Å²) in [6.45, 7) is 3.27. The van der Waals surface area contributed by atoms with E-state index in [0.717, 1.165) is 17.7 Å². The maximum Gasteiger partial charge on any atom is 0.326 e. The molecule has 1 aromatic rings. The van der Waals surface area contributed by atoms with Crippen LogP contribution in [0, 0.1) is 0 Å². The Balaban J connectivity index is 2.28. The van der Waals surface area contributed by atoms with Gasteiger partial charge in [-0.15, -0.1) is 0 Å². The first kappa shape index (κ1) is 15.2. The molecule has 0 bridgehead atoms. The van der Waals surface area contributed by atoms with Crippen LogP contribution in [0.3, 0.4) is 0 Å². The standard InChI is InChI=1S/C15H19NO5/c1-8-4-10-6-13(20-3)11(7-14(10)21-8)5-12(15(18)19)16-9(2)17/h6-8,12H,4-5H2,1-3H3,(H,16,17)(H,18,19). The minimum Gasteiger partial charge on any atom is -0.496 e. The van der Waals surface area contributed by atoms with Crippen LogP contribution in [-0.2, 0) is 22.4 Å². The van der Waals surface area contributed by atoms with Crippen LogP contribution in [0.5, 0.6) is 11.5 Å². The van der Waals surface area contributed by atoms with E-state index in [9.17, 15) is 14.7 Å². The van der Waals surface area contributed by atoms with Gasteiger partial charge in [0.15, 0.2) is 0 Å². The van der Waals surface area contributed by atoms with Gasteiger partial charge in [0.05, 0.1) is 7.11 Å². The normalized spacial score (nSPS) is 17.6. The molecule has 0 saturated carbocycles. The lowest BCUT2D eigenvalue weighted by molar-refractivity contribution is -0.141. The van der Waals surface area contributed by atoms with Gasteiger partial charge in [0.25, 0.3) is 0 Å². The first-order valence-corrected chi connectivity index (χ1v) is 6.77. The number of rotatable bonds is 5. The third-order valence-corrected chi connectivity index (χ3v) is 3.40. The molecule has 1 aliphatic rings. The van der Waals surface area contributed by atoms with Crippen molar-refractivity contribution in [2.24, 2.45) is 0 Å². The number of carboxylic acid groups (broad SMARTS) is 1. The molecule has 1 aromatic carbocycles. The third kappa shape index (κ3) is 3.45. The summed E-state index contributed by atoms with van der Waals surface area (Å²) in [4.78, 5) is 22.3. The number of amides is 1. The van der Waals surface area contributed by atoms with Gasteiger partial charge in [-0.2, -0.15) is 0 Å². The molecule has 6 nitrogen and oxygen atoms in total. The summed E-state index contributed by atoms with van der Waals surface area (Å²) in [6.07, 6.45) is 1.05. The summed E-state index contributed by atoms with van der Waals surface area (Å²) in [7, 11) is 1.54. The highest BCUT2D eigenvalue weighted by Gasteiger charge is 2.25. The van der Waals surface area contributed by atoms with Gasteiger partial charge in [-0.25, -0.2) is 4.79 Å². The SMILES string of the molecule is COc1cc2c(cc1CC(NC(C)=O)C(=O)O)OC(C)C2. The van der Waals surface area contributed by atoms with Gasteiger partial charge < -0.3 is 19.9 Å². The van der Waals surface area contributed by atoms with Crippen molar-refractivity contribution in [2.75, 3.05) is 7.11 Å². The fraction of sp³-hybridized carbons (Fsp3) is 0.467. The second kappa shape index (κ2) is 6.03. The van der Waals surface area contributed by atoms with Gasteiger partial charge in [-0.1, -0.05) is 0 Å². The Morgan fingerprint density at radius 1 is 1.52 bits per heavy atom. The Kier molecular flexibility index (Phi) is 4.35. The number of hydrogen-bond donors (Lipinski definition) is 2. The average Bonchev–Trinajstić information content (AvgIpc) is 2.75. The molecule has 0 radical (unpaired) electrons. The summed E-state index contributed by atoms with van der Waals surface area (Å²) < 4.78 is 11.0. The topological polar surface area (TPSA) is 84.9 Å². The lowest BCUT2D eigenvalue weighted by atomic mass is 10.0. The van der Waals surface area contributed by atoms with E-state index in [0.29, 0.717) is 11.3 Å². The smallest absolute Gasteiger partial charge is 0.326 e. The van der Waals surface area contributed by atoms with E-state index < -0.39 is 12.0 Å². The van der Waals surface area contributed by atoms with Crippen LogP contribution in [0.2, 0.25) is 0 Å². The van der Waals surface area contributed by atoms with Crippen LogP contribution in [-0.4, -0.2) is 36.2 Å². The number of hydrogen-bond acceptors (Lipinski definition) is 4. The fourth-order valence-electron chi connectivity index (χ4n) is 2.50. The van der Waals surface area contributed by atoms with Crippen LogP contribution in [0.1, 0.15) is 25.0 Å². The lowest BCUT2D eigenvalue weighted by Gasteiger charge is -2.16. The van der Waals surface area contributed by atoms with Crippen LogP contribution in [0.15, 0.2) is 12.1 Å². The highest BCUT2D eigenvalue weighted by molar-refractivity contribution is 5.82. The molecule has 0 fully saturated rings. The zero-order valence-electron chi connectivity index (χ0n) is 12.3. The maximum atomic E-state index is 11.2. The lowest BCUT2D eigenvalue weighted by Crippen LogP contribution is -2.41. The molecule has 2 atom stereocenters. The largest absolute Gasteiger partial charge is 0.496 e. The van der Waals surface area contributed by atoms with Crippen molar-refractivity contribution in [1.82, 2.24) is 5.32 Å². The van der Waals surface area contributed by atoms with Crippen molar-refractivity contribution in [3.63, 3.8) is 0 Å². The maximum absolute atomic E-state index is 11.2. The second-order valence-corrected chi connectivity index (χ2v) is 5.20. The summed E-state index contributed by atoms with van der Waals surface area (Å²) in [5.41, 5.74) is 1.75. The minimum atomic E-state index is -1.08. The van der Waals surface area contributed by atoms with Gasteiger partial charge in [0.1, 0.15) is 23.6 Å². The molecule has 2 unspecified atom stereocenters. The summed E-state index contributed by atoms with van der Waals surface area (Å²) in [5.74, 6) is -0.0947.